The summed E-state index contributed by atoms with van der Waals surface area (Å²) in [7, 11) is 0. The van der Waals surface area contributed by atoms with E-state index in [1.807, 2.05) is 24.3 Å². The summed E-state index contributed by atoms with van der Waals surface area (Å²) >= 11 is 0. The Morgan fingerprint density at radius 2 is 2.07 bits per heavy atom. The Hall–Kier alpha value is -3.28. The first-order valence-corrected chi connectivity index (χ1v) is 10.3. The van der Waals surface area contributed by atoms with Gasteiger partial charge in [0.05, 0.1) is 5.92 Å². The van der Waals surface area contributed by atoms with Crippen molar-refractivity contribution in [2.45, 2.75) is 26.3 Å². The Bertz CT molecular complexity index is 1040. The van der Waals surface area contributed by atoms with E-state index in [9.17, 15) is 9.18 Å². The minimum Gasteiger partial charge on any atom is -0.356 e. The molecule has 1 fully saturated rings. The average molecular weight is 404 g/mol. The van der Waals surface area contributed by atoms with Crippen molar-refractivity contribution in [1.29, 1.82) is 0 Å². The lowest BCUT2D eigenvalue weighted by Gasteiger charge is -2.33. The molecule has 0 saturated carbocycles. The third kappa shape index (κ3) is 4.64. The highest BCUT2D eigenvalue weighted by atomic mass is 19.1. The molecule has 30 heavy (non-hydrogen) atoms. The number of benzene rings is 2. The van der Waals surface area contributed by atoms with Crippen molar-refractivity contribution in [3.8, 4) is 11.4 Å². The molecule has 1 amide bonds. The number of anilines is 1. The van der Waals surface area contributed by atoms with Crippen molar-refractivity contribution in [1.82, 2.24) is 15.3 Å². The zero-order valence-corrected chi connectivity index (χ0v) is 17.0. The molecule has 2 heterocycles. The van der Waals surface area contributed by atoms with Crippen LogP contribution in [0.5, 0.6) is 0 Å². The molecule has 6 heteroatoms. The Kier molecular flexibility index (Phi) is 6.02. The van der Waals surface area contributed by atoms with Gasteiger partial charge in [-0.3, -0.25) is 4.79 Å². The zero-order chi connectivity index (χ0) is 20.9. The number of piperidine rings is 1. The fourth-order valence-electron chi connectivity index (χ4n) is 3.83. The lowest BCUT2D eigenvalue weighted by Crippen LogP contribution is -2.43. The monoisotopic (exact) mass is 404 g/mol. The molecule has 154 valence electrons. The van der Waals surface area contributed by atoms with E-state index in [1.54, 1.807) is 18.3 Å². The molecule has 0 aliphatic carbocycles. The smallest absolute Gasteiger partial charge is 0.225 e. The molecule has 0 bridgehead atoms. The Morgan fingerprint density at radius 1 is 1.20 bits per heavy atom. The fraction of sp³-hybridized carbons (Fsp3) is 0.292. The third-order valence-electron chi connectivity index (χ3n) is 5.55. The molecular formula is C24H25FN4O. The van der Waals surface area contributed by atoms with E-state index < -0.39 is 0 Å². The number of carbonyl (C=O) groups excluding carboxylic acids is 1. The molecule has 0 spiro atoms. The van der Waals surface area contributed by atoms with Crippen LogP contribution in [0, 0.1) is 18.7 Å². The molecular weight excluding hydrogens is 379 g/mol. The summed E-state index contributed by atoms with van der Waals surface area (Å²) in [6, 6.07) is 16.2. The number of nitrogens with zero attached hydrogens (tertiary/aromatic N) is 3. The third-order valence-corrected chi connectivity index (χ3v) is 5.55. The lowest BCUT2D eigenvalue weighted by atomic mass is 9.97. The van der Waals surface area contributed by atoms with Crippen molar-refractivity contribution >= 4 is 11.7 Å². The zero-order valence-electron chi connectivity index (χ0n) is 17.0. The van der Waals surface area contributed by atoms with Crippen molar-refractivity contribution in [3.05, 3.63) is 77.7 Å². The SMILES string of the molecule is Cc1ccccc1CNC(=O)C1CCCN(c2ccnc(-c3cccc(F)c3)n2)C1. The van der Waals surface area contributed by atoms with Gasteiger partial charge in [-0.1, -0.05) is 36.4 Å². The van der Waals surface area contributed by atoms with Gasteiger partial charge in [0.15, 0.2) is 5.82 Å². The van der Waals surface area contributed by atoms with Crippen LogP contribution in [0.2, 0.25) is 0 Å². The van der Waals surface area contributed by atoms with Crippen LogP contribution in [0.15, 0.2) is 60.8 Å². The number of aryl methyl sites for hydroxylation is 1. The molecule has 1 unspecified atom stereocenters. The van der Waals surface area contributed by atoms with Gasteiger partial charge in [0.1, 0.15) is 11.6 Å². The Balaban J connectivity index is 1.43. The predicted octanol–water partition coefficient (Wildman–Crippen LogP) is 4.12. The molecule has 1 aliphatic heterocycles. The van der Waals surface area contributed by atoms with E-state index in [1.165, 1.54) is 17.7 Å². The highest BCUT2D eigenvalue weighted by molar-refractivity contribution is 5.79. The first-order valence-electron chi connectivity index (χ1n) is 10.3. The highest BCUT2D eigenvalue weighted by Gasteiger charge is 2.26. The van der Waals surface area contributed by atoms with Crippen LogP contribution in [0.3, 0.4) is 0 Å². The summed E-state index contributed by atoms with van der Waals surface area (Å²) in [5.41, 5.74) is 2.95. The number of halogens is 1. The van der Waals surface area contributed by atoms with Gasteiger partial charge in [-0.15, -0.1) is 0 Å². The maximum Gasteiger partial charge on any atom is 0.225 e. The standard InChI is InChI=1S/C24H25FN4O/c1-17-6-2-3-7-19(17)15-27-24(30)20-9-5-13-29(16-20)22-11-12-26-23(28-22)18-8-4-10-21(25)14-18/h2-4,6-8,10-12,14,20H,5,9,13,15-16H2,1H3,(H,27,30). The largest absolute Gasteiger partial charge is 0.356 e. The molecule has 1 aromatic heterocycles. The predicted molar refractivity (Wildman–Crippen MR) is 115 cm³/mol. The van der Waals surface area contributed by atoms with Gasteiger partial charge >= 0.3 is 0 Å². The number of nitrogens with one attached hydrogen (secondary N) is 1. The maximum absolute atomic E-state index is 13.6. The Morgan fingerprint density at radius 3 is 2.90 bits per heavy atom. The second-order valence-electron chi connectivity index (χ2n) is 7.68. The minimum atomic E-state index is -0.315. The minimum absolute atomic E-state index is 0.0716. The van der Waals surface area contributed by atoms with Gasteiger partial charge in [0.2, 0.25) is 5.91 Å². The van der Waals surface area contributed by atoms with Crippen LogP contribution in [-0.2, 0) is 11.3 Å². The normalized spacial score (nSPS) is 16.3. The fourth-order valence-corrected chi connectivity index (χ4v) is 3.83. The van der Waals surface area contributed by atoms with Crippen LogP contribution in [0.4, 0.5) is 10.2 Å². The van der Waals surface area contributed by atoms with E-state index >= 15 is 0 Å². The lowest BCUT2D eigenvalue weighted by molar-refractivity contribution is -0.125. The maximum atomic E-state index is 13.6. The van der Waals surface area contributed by atoms with Crippen LogP contribution in [-0.4, -0.2) is 29.0 Å². The summed E-state index contributed by atoms with van der Waals surface area (Å²) in [6.45, 7) is 4.04. The summed E-state index contributed by atoms with van der Waals surface area (Å²) in [4.78, 5) is 23.8. The molecule has 0 radical (unpaired) electrons. The second-order valence-corrected chi connectivity index (χ2v) is 7.68. The van der Waals surface area contributed by atoms with E-state index in [4.69, 9.17) is 0 Å². The molecule has 2 aromatic carbocycles. The number of hydrogen-bond acceptors (Lipinski definition) is 4. The molecule has 1 N–H and O–H groups in total. The number of carbonyl (C=O) groups is 1. The molecule has 3 aromatic rings. The summed E-state index contributed by atoms with van der Waals surface area (Å²) in [6.07, 6.45) is 3.46. The van der Waals surface area contributed by atoms with Gasteiger partial charge in [-0.05, 0) is 49.1 Å². The van der Waals surface area contributed by atoms with Gasteiger partial charge in [-0.2, -0.15) is 0 Å². The molecule has 5 nitrogen and oxygen atoms in total. The first-order chi connectivity index (χ1) is 14.6. The number of hydrogen-bond donors (Lipinski definition) is 1. The van der Waals surface area contributed by atoms with Crippen molar-refractivity contribution in [3.63, 3.8) is 0 Å². The van der Waals surface area contributed by atoms with Gasteiger partial charge in [0, 0.05) is 31.4 Å². The van der Waals surface area contributed by atoms with Crippen molar-refractivity contribution < 1.29 is 9.18 Å². The van der Waals surface area contributed by atoms with E-state index in [2.05, 4.69) is 33.2 Å². The first kappa shape index (κ1) is 20.0. The van der Waals surface area contributed by atoms with Crippen molar-refractivity contribution in [2.24, 2.45) is 5.92 Å². The summed E-state index contributed by atoms with van der Waals surface area (Å²) in [5.74, 6) is 0.918. The highest BCUT2D eigenvalue weighted by Crippen LogP contribution is 2.24. The van der Waals surface area contributed by atoms with Crippen LogP contribution < -0.4 is 10.2 Å². The van der Waals surface area contributed by atoms with E-state index in [-0.39, 0.29) is 17.6 Å². The number of amides is 1. The average Bonchev–Trinajstić information content (AvgIpc) is 2.78. The van der Waals surface area contributed by atoms with E-state index in [0.717, 1.165) is 30.8 Å². The summed E-state index contributed by atoms with van der Waals surface area (Å²) < 4.78 is 13.6. The Labute approximate surface area is 176 Å². The second kappa shape index (κ2) is 9.03. The molecule has 1 atom stereocenters. The van der Waals surface area contributed by atoms with Crippen LogP contribution in [0.25, 0.3) is 11.4 Å². The van der Waals surface area contributed by atoms with Gasteiger partial charge < -0.3 is 10.2 Å². The molecule has 1 saturated heterocycles. The van der Waals surface area contributed by atoms with Gasteiger partial charge in [0.25, 0.3) is 0 Å². The number of aromatic nitrogens is 2. The van der Waals surface area contributed by atoms with Crippen molar-refractivity contribution in [2.75, 3.05) is 18.0 Å². The van der Waals surface area contributed by atoms with Crippen LogP contribution >= 0.6 is 0 Å². The number of rotatable bonds is 5. The van der Waals surface area contributed by atoms with E-state index in [0.29, 0.717) is 24.5 Å². The topological polar surface area (TPSA) is 58.1 Å². The van der Waals surface area contributed by atoms with Crippen LogP contribution in [0.1, 0.15) is 24.0 Å². The van der Waals surface area contributed by atoms with Gasteiger partial charge in [-0.25, -0.2) is 14.4 Å². The molecule has 4 rings (SSSR count). The molecule has 1 aliphatic rings. The summed E-state index contributed by atoms with van der Waals surface area (Å²) in [5, 5.41) is 3.08. The quantitative estimate of drug-likeness (QED) is 0.695.